The van der Waals surface area contributed by atoms with E-state index in [1.807, 2.05) is 13.8 Å². The first kappa shape index (κ1) is 18.6. The zero-order chi connectivity index (χ0) is 17.9. The monoisotopic (exact) mass is 353 g/mol. The molecule has 0 radical (unpaired) electrons. The van der Waals surface area contributed by atoms with E-state index in [0.29, 0.717) is 11.4 Å². The van der Waals surface area contributed by atoms with Crippen molar-refractivity contribution in [3.8, 4) is 0 Å². The maximum absolute atomic E-state index is 12.1. The van der Waals surface area contributed by atoms with Gasteiger partial charge in [-0.05, 0) is 57.7 Å². The summed E-state index contributed by atoms with van der Waals surface area (Å²) in [5, 5.41) is 6.30. The Hall–Kier alpha value is -1.76. The molecule has 1 aromatic rings. The highest BCUT2D eigenvalue weighted by atomic mass is 32.2. The van der Waals surface area contributed by atoms with Gasteiger partial charge in [0, 0.05) is 24.3 Å². The minimum atomic E-state index is -3.26. The molecule has 1 saturated carbocycles. The van der Waals surface area contributed by atoms with Crippen LogP contribution in [-0.2, 0) is 14.6 Å². The summed E-state index contributed by atoms with van der Waals surface area (Å²) in [6.45, 7) is 3.92. The summed E-state index contributed by atoms with van der Waals surface area (Å²) in [5.74, 6) is 0.187. The number of anilines is 2. The zero-order valence-electron chi connectivity index (χ0n) is 14.5. The molecule has 0 heterocycles. The van der Waals surface area contributed by atoms with Crippen LogP contribution in [0.1, 0.15) is 39.5 Å². The van der Waals surface area contributed by atoms with Gasteiger partial charge in [0.15, 0.2) is 9.84 Å². The first-order chi connectivity index (χ1) is 11.2. The van der Waals surface area contributed by atoms with Gasteiger partial charge in [-0.25, -0.2) is 8.42 Å². The van der Waals surface area contributed by atoms with E-state index in [9.17, 15) is 13.2 Å². The topological polar surface area (TPSA) is 101 Å². The van der Waals surface area contributed by atoms with Crippen molar-refractivity contribution in [1.29, 1.82) is 0 Å². The van der Waals surface area contributed by atoms with Crippen molar-refractivity contribution in [2.45, 2.75) is 56.5 Å². The summed E-state index contributed by atoms with van der Waals surface area (Å²) in [6, 6.07) is 5.07. The second kappa shape index (κ2) is 7.42. The SMILES string of the molecule is CC(C)NC(=O)[C@H]1CC[C@@H](Nc2cc(S(C)(=O)=O)ccc2N)CC1. The molecule has 1 amide bonds. The van der Waals surface area contributed by atoms with Gasteiger partial charge in [0.2, 0.25) is 5.91 Å². The van der Waals surface area contributed by atoms with Gasteiger partial charge in [-0.1, -0.05) is 0 Å². The summed E-state index contributed by atoms with van der Waals surface area (Å²) >= 11 is 0. The van der Waals surface area contributed by atoms with Crippen LogP contribution in [-0.4, -0.2) is 32.7 Å². The standard InChI is InChI=1S/C17H27N3O3S/c1-11(2)19-17(21)12-4-6-13(7-5-12)20-16-10-14(24(3,22)23)8-9-15(16)18/h8-13,20H,4-7,18H2,1-3H3,(H,19,21)/t12-,13+. The summed E-state index contributed by atoms with van der Waals surface area (Å²) in [7, 11) is -3.26. The van der Waals surface area contributed by atoms with Crippen LogP contribution in [0.25, 0.3) is 0 Å². The van der Waals surface area contributed by atoms with E-state index in [2.05, 4.69) is 10.6 Å². The molecular weight excluding hydrogens is 326 g/mol. The van der Waals surface area contributed by atoms with E-state index in [4.69, 9.17) is 5.73 Å². The molecule has 1 aliphatic rings. The Morgan fingerprint density at radius 1 is 1.21 bits per heavy atom. The molecule has 134 valence electrons. The van der Waals surface area contributed by atoms with E-state index in [0.717, 1.165) is 25.7 Å². The Bertz CT molecular complexity index is 693. The lowest BCUT2D eigenvalue weighted by molar-refractivity contribution is -0.126. The molecular formula is C17H27N3O3S. The molecule has 6 nitrogen and oxygen atoms in total. The first-order valence-electron chi connectivity index (χ1n) is 8.33. The third-order valence-electron chi connectivity index (χ3n) is 4.34. The maximum atomic E-state index is 12.1. The molecule has 0 aromatic heterocycles. The Labute approximate surface area is 144 Å². The van der Waals surface area contributed by atoms with E-state index < -0.39 is 9.84 Å². The summed E-state index contributed by atoms with van der Waals surface area (Å²) < 4.78 is 23.4. The lowest BCUT2D eigenvalue weighted by atomic mass is 9.85. The van der Waals surface area contributed by atoms with E-state index >= 15 is 0 Å². The number of sulfone groups is 1. The third kappa shape index (κ3) is 4.87. The minimum absolute atomic E-state index is 0.0603. The number of nitrogens with one attached hydrogen (secondary N) is 2. The second-order valence-electron chi connectivity index (χ2n) is 6.88. The summed E-state index contributed by atoms with van der Waals surface area (Å²) in [5.41, 5.74) is 7.13. The number of carbonyl (C=O) groups is 1. The highest BCUT2D eigenvalue weighted by Crippen LogP contribution is 2.30. The fraction of sp³-hybridized carbons (Fsp3) is 0.588. The normalized spacial score (nSPS) is 21.5. The third-order valence-corrected chi connectivity index (χ3v) is 5.45. The van der Waals surface area contributed by atoms with E-state index in [1.165, 1.54) is 12.3 Å². The highest BCUT2D eigenvalue weighted by molar-refractivity contribution is 7.90. The van der Waals surface area contributed by atoms with Gasteiger partial charge >= 0.3 is 0 Å². The van der Waals surface area contributed by atoms with Crippen molar-refractivity contribution in [3.05, 3.63) is 18.2 Å². The number of rotatable bonds is 5. The molecule has 4 N–H and O–H groups in total. The van der Waals surface area contributed by atoms with Crippen molar-refractivity contribution in [1.82, 2.24) is 5.32 Å². The van der Waals surface area contributed by atoms with Gasteiger partial charge in [-0.15, -0.1) is 0 Å². The molecule has 24 heavy (non-hydrogen) atoms. The first-order valence-corrected chi connectivity index (χ1v) is 10.2. The molecule has 2 rings (SSSR count). The van der Waals surface area contributed by atoms with Crippen molar-refractivity contribution in [3.63, 3.8) is 0 Å². The van der Waals surface area contributed by atoms with Crippen molar-refractivity contribution < 1.29 is 13.2 Å². The minimum Gasteiger partial charge on any atom is -0.397 e. The Morgan fingerprint density at radius 3 is 2.38 bits per heavy atom. The second-order valence-corrected chi connectivity index (χ2v) is 8.89. The van der Waals surface area contributed by atoms with Crippen molar-refractivity contribution >= 4 is 27.1 Å². The average Bonchev–Trinajstić information content (AvgIpc) is 2.48. The van der Waals surface area contributed by atoms with Crippen LogP contribution in [0.2, 0.25) is 0 Å². The molecule has 1 fully saturated rings. The number of hydrogen-bond acceptors (Lipinski definition) is 5. The molecule has 0 spiro atoms. The van der Waals surface area contributed by atoms with Crippen molar-refractivity contribution in [2.24, 2.45) is 5.92 Å². The number of benzene rings is 1. The number of carbonyl (C=O) groups excluding carboxylic acids is 1. The lowest BCUT2D eigenvalue weighted by Crippen LogP contribution is -2.38. The zero-order valence-corrected chi connectivity index (χ0v) is 15.3. The van der Waals surface area contributed by atoms with E-state index in [1.54, 1.807) is 12.1 Å². The van der Waals surface area contributed by atoms with Gasteiger partial charge in [0.1, 0.15) is 0 Å². The Morgan fingerprint density at radius 2 is 1.83 bits per heavy atom. The predicted octanol–water partition coefficient (Wildman–Crippen LogP) is 2.17. The lowest BCUT2D eigenvalue weighted by Gasteiger charge is -2.30. The fourth-order valence-corrected chi connectivity index (χ4v) is 3.66. The van der Waals surface area contributed by atoms with Gasteiger partial charge in [0.25, 0.3) is 0 Å². The molecule has 0 aliphatic heterocycles. The molecule has 1 aliphatic carbocycles. The predicted molar refractivity (Wildman–Crippen MR) is 96.6 cm³/mol. The Kier molecular flexibility index (Phi) is 5.74. The summed E-state index contributed by atoms with van der Waals surface area (Å²) in [4.78, 5) is 12.3. The van der Waals surface area contributed by atoms with Crippen LogP contribution in [0.3, 0.4) is 0 Å². The van der Waals surface area contributed by atoms with Gasteiger partial charge in [0.05, 0.1) is 16.3 Å². The number of nitrogen functional groups attached to an aromatic ring is 1. The highest BCUT2D eigenvalue weighted by Gasteiger charge is 2.26. The Balaban J connectivity index is 1.98. The van der Waals surface area contributed by atoms with E-state index in [-0.39, 0.29) is 28.8 Å². The van der Waals surface area contributed by atoms with Gasteiger partial charge in [-0.3, -0.25) is 4.79 Å². The number of nitrogens with two attached hydrogens (primary N) is 1. The van der Waals surface area contributed by atoms with Crippen LogP contribution in [0, 0.1) is 5.92 Å². The molecule has 0 saturated heterocycles. The van der Waals surface area contributed by atoms with Gasteiger partial charge in [-0.2, -0.15) is 0 Å². The molecule has 1 aromatic carbocycles. The molecule has 7 heteroatoms. The number of amides is 1. The molecule has 0 atom stereocenters. The van der Waals surface area contributed by atoms with Crippen LogP contribution < -0.4 is 16.4 Å². The van der Waals surface area contributed by atoms with Crippen LogP contribution in [0.15, 0.2) is 23.1 Å². The van der Waals surface area contributed by atoms with Crippen molar-refractivity contribution in [2.75, 3.05) is 17.3 Å². The number of hydrogen-bond donors (Lipinski definition) is 3. The van der Waals surface area contributed by atoms with Gasteiger partial charge < -0.3 is 16.4 Å². The van der Waals surface area contributed by atoms with Crippen LogP contribution >= 0.6 is 0 Å². The smallest absolute Gasteiger partial charge is 0.223 e. The maximum Gasteiger partial charge on any atom is 0.223 e. The fourth-order valence-electron chi connectivity index (χ4n) is 3.01. The van der Waals surface area contributed by atoms with Crippen LogP contribution in [0.5, 0.6) is 0 Å². The molecule has 0 bridgehead atoms. The quantitative estimate of drug-likeness (QED) is 0.704. The molecule has 0 unspecified atom stereocenters. The van der Waals surface area contributed by atoms with Crippen LogP contribution in [0.4, 0.5) is 11.4 Å². The average molecular weight is 353 g/mol. The largest absolute Gasteiger partial charge is 0.397 e. The summed E-state index contributed by atoms with van der Waals surface area (Å²) in [6.07, 6.45) is 4.54.